The molecule has 1 aromatic heterocycles. The molecule has 0 radical (unpaired) electrons. The molecule has 0 spiro atoms. The second kappa shape index (κ2) is 4.77. The van der Waals surface area contributed by atoms with Gasteiger partial charge in [-0.3, -0.25) is 10.1 Å². The molecule has 0 saturated carbocycles. The summed E-state index contributed by atoms with van der Waals surface area (Å²) in [7, 11) is 2.12. The van der Waals surface area contributed by atoms with Crippen LogP contribution in [0, 0.1) is 10.1 Å². The molecule has 1 unspecified atom stereocenters. The normalized spacial score (nSPS) is 27.3. The fourth-order valence-corrected chi connectivity index (χ4v) is 3.32. The molecule has 102 valence electrons. The summed E-state index contributed by atoms with van der Waals surface area (Å²) in [6.45, 7) is 2.02. The van der Waals surface area contributed by atoms with E-state index < -0.39 is 0 Å². The fraction of sp³-hybridized carbons (Fsp3) is 0.615. The fourth-order valence-electron chi connectivity index (χ4n) is 3.32. The SMILES string of the molecule is CN1CCC2CC[C@H](C1)N2c1ncccc1[N+](=O)[O-]. The van der Waals surface area contributed by atoms with E-state index in [1.165, 1.54) is 0 Å². The minimum atomic E-state index is -0.323. The molecule has 0 aromatic carbocycles. The molecule has 1 aromatic rings. The summed E-state index contributed by atoms with van der Waals surface area (Å²) in [5.74, 6) is 0.551. The number of hydrogen-bond acceptors (Lipinski definition) is 5. The lowest BCUT2D eigenvalue weighted by molar-refractivity contribution is -0.384. The first kappa shape index (κ1) is 12.3. The summed E-state index contributed by atoms with van der Waals surface area (Å²) in [5.41, 5.74) is 0.129. The molecule has 6 nitrogen and oxygen atoms in total. The van der Waals surface area contributed by atoms with Crippen molar-refractivity contribution in [1.82, 2.24) is 9.88 Å². The van der Waals surface area contributed by atoms with Crippen LogP contribution in [0.5, 0.6) is 0 Å². The zero-order valence-electron chi connectivity index (χ0n) is 11.0. The highest BCUT2D eigenvalue weighted by atomic mass is 16.6. The Balaban J connectivity index is 1.99. The van der Waals surface area contributed by atoms with Gasteiger partial charge in [0, 0.05) is 30.9 Å². The van der Waals surface area contributed by atoms with Crippen LogP contribution in [0.4, 0.5) is 11.5 Å². The van der Waals surface area contributed by atoms with E-state index in [1.807, 2.05) is 0 Å². The van der Waals surface area contributed by atoms with Gasteiger partial charge in [0.25, 0.3) is 0 Å². The topological polar surface area (TPSA) is 62.5 Å². The Bertz CT molecular complexity index is 493. The number of anilines is 1. The summed E-state index contributed by atoms with van der Waals surface area (Å²) >= 11 is 0. The Morgan fingerprint density at radius 2 is 2.16 bits per heavy atom. The van der Waals surface area contributed by atoms with Gasteiger partial charge in [-0.05, 0) is 38.9 Å². The van der Waals surface area contributed by atoms with Gasteiger partial charge in [0.15, 0.2) is 0 Å². The van der Waals surface area contributed by atoms with Crippen molar-refractivity contribution >= 4 is 11.5 Å². The number of rotatable bonds is 2. The summed E-state index contributed by atoms with van der Waals surface area (Å²) in [6, 6.07) is 3.93. The van der Waals surface area contributed by atoms with Crippen LogP contribution in [0.2, 0.25) is 0 Å². The highest BCUT2D eigenvalue weighted by Crippen LogP contribution is 2.37. The summed E-state index contributed by atoms with van der Waals surface area (Å²) in [4.78, 5) is 19.7. The number of likely N-dealkylation sites (tertiary alicyclic amines) is 1. The Morgan fingerprint density at radius 3 is 2.95 bits per heavy atom. The number of hydrogen-bond donors (Lipinski definition) is 0. The van der Waals surface area contributed by atoms with Crippen LogP contribution in [-0.4, -0.2) is 47.0 Å². The Labute approximate surface area is 112 Å². The highest BCUT2D eigenvalue weighted by Gasteiger charge is 2.39. The van der Waals surface area contributed by atoms with Crippen LogP contribution in [0.3, 0.4) is 0 Å². The first-order chi connectivity index (χ1) is 9.16. The van der Waals surface area contributed by atoms with Crippen molar-refractivity contribution in [2.75, 3.05) is 25.0 Å². The number of fused-ring (bicyclic) bond motifs is 2. The lowest BCUT2D eigenvalue weighted by atomic mass is 10.1. The van der Waals surface area contributed by atoms with Gasteiger partial charge < -0.3 is 9.80 Å². The minimum Gasteiger partial charge on any atom is -0.344 e. The van der Waals surface area contributed by atoms with Crippen LogP contribution >= 0.6 is 0 Å². The van der Waals surface area contributed by atoms with Gasteiger partial charge in [-0.1, -0.05) is 0 Å². The predicted octanol–water partition coefficient (Wildman–Crippen LogP) is 1.66. The first-order valence-corrected chi connectivity index (χ1v) is 6.73. The molecule has 2 aliphatic rings. The second-order valence-electron chi connectivity index (χ2n) is 5.45. The quantitative estimate of drug-likeness (QED) is 0.599. The molecule has 2 atom stereocenters. The molecule has 3 heterocycles. The van der Waals surface area contributed by atoms with Gasteiger partial charge in [0.2, 0.25) is 5.82 Å². The van der Waals surface area contributed by atoms with Crippen molar-refractivity contribution < 1.29 is 4.92 Å². The largest absolute Gasteiger partial charge is 0.344 e. The van der Waals surface area contributed by atoms with Gasteiger partial charge in [-0.15, -0.1) is 0 Å². The molecule has 2 saturated heterocycles. The van der Waals surface area contributed by atoms with Crippen molar-refractivity contribution in [2.45, 2.75) is 31.3 Å². The molecule has 3 rings (SSSR count). The third-order valence-corrected chi connectivity index (χ3v) is 4.19. The van der Waals surface area contributed by atoms with Gasteiger partial charge in [0.1, 0.15) is 0 Å². The number of likely N-dealkylation sites (N-methyl/N-ethyl adjacent to an activating group) is 1. The lowest BCUT2D eigenvalue weighted by Crippen LogP contribution is -2.39. The number of nitro groups is 1. The zero-order valence-corrected chi connectivity index (χ0v) is 11.0. The van der Waals surface area contributed by atoms with Crippen LogP contribution in [0.15, 0.2) is 18.3 Å². The van der Waals surface area contributed by atoms with Crippen molar-refractivity contribution in [2.24, 2.45) is 0 Å². The van der Waals surface area contributed by atoms with Gasteiger partial charge >= 0.3 is 5.69 Å². The molecule has 19 heavy (non-hydrogen) atoms. The van der Waals surface area contributed by atoms with E-state index in [1.54, 1.807) is 18.3 Å². The monoisotopic (exact) mass is 262 g/mol. The molecular formula is C13H18N4O2. The summed E-state index contributed by atoms with van der Waals surface area (Å²) < 4.78 is 0. The van der Waals surface area contributed by atoms with Gasteiger partial charge in [-0.25, -0.2) is 4.98 Å². The Hall–Kier alpha value is -1.69. The van der Waals surface area contributed by atoms with E-state index in [9.17, 15) is 10.1 Å². The Morgan fingerprint density at radius 1 is 1.37 bits per heavy atom. The maximum atomic E-state index is 11.2. The van der Waals surface area contributed by atoms with Gasteiger partial charge in [-0.2, -0.15) is 0 Å². The molecule has 2 fully saturated rings. The zero-order chi connectivity index (χ0) is 13.4. The van der Waals surface area contributed by atoms with Crippen molar-refractivity contribution in [3.05, 3.63) is 28.4 Å². The van der Waals surface area contributed by atoms with Crippen LogP contribution in [0.1, 0.15) is 19.3 Å². The van der Waals surface area contributed by atoms with E-state index in [0.717, 1.165) is 32.4 Å². The van der Waals surface area contributed by atoms with E-state index in [4.69, 9.17) is 0 Å². The lowest BCUT2D eigenvalue weighted by Gasteiger charge is -2.28. The maximum Gasteiger partial charge on any atom is 0.311 e. The van der Waals surface area contributed by atoms with Gasteiger partial charge in [0.05, 0.1) is 4.92 Å². The van der Waals surface area contributed by atoms with Crippen LogP contribution < -0.4 is 4.90 Å². The molecule has 6 heteroatoms. The third kappa shape index (κ3) is 2.16. The van der Waals surface area contributed by atoms with Crippen molar-refractivity contribution in [1.29, 1.82) is 0 Å². The summed E-state index contributed by atoms with van der Waals surface area (Å²) in [6.07, 6.45) is 4.92. The van der Waals surface area contributed by atoms with E-state index in [2.05, 4.69) is 21.8 Å². The molecule has 2 bridgehead atoms. The van der Waals surface area contributed by atoms with Crippen molar-refractivity contribution in [3.63, 3.8) is 0 Å². The summed E-state index contributed by atoms with van der Waals surface area (Å²) in [5, 5.41) is 11.2. The van der Waals surface area contributed by atoms with E-state index >= 15 is 0 Å². The smallest absolute Gasteiger partial charge is 0.311 e. The average molecular weight is 262 g/mol. The van der Waals surface area contributed by atoms with Crippen molar-refractivity contribution in [3.8, 4) is 0 Å². The number of pyridine rings is 1. The number of nitrogens with zero attached hydrogens (tertiary/aromatic N) is 4. The van der Waals surface area contributed by atoms with E-state index in [-0.39, 0.29) is 10.6 Å². The average Bonchev–Trinajstić information content (AvgIpc) is 2.69. The van der Waals surface area contributed by atoms with Crippen LogP contribution in [0.25, 0.3) is 0 Å². The number of aromatic nitrogens is 1. The molecule has 0 amide bonds. The first-order valence-electron chi connectivity index (χ1n) is 6.73. The predicted molar refractivity (Wildman–Crippen MR) is 72.3 cm³/mol. The second-order valence-corrected chi connectivity index (χ2v) is 5.45. The highest BCUT2D eigenvalue weighted by molar-refractivity contribution is 5.59. The molecule has 2 aliphatic heterocycles. The van der Waals surface area contributed by atoms with Crippen LogP contribution in [-0.2, 0) is 0 Å². The standard InChI is InChI=1S/C13H18N4O2/c1-15-8-6-10-4-5-11(9-15)16(10)13-12(17(18)19)3-2-7-14-13/h2-3,7,10-11H,4-6,8-9H2,1H3/t10?,11-/m1/s1. The van der Waals surface area contributed by atoms with E-state index in [0.29, 0.717) is 17.9 Å². The minimum absolute atomic E-state index is 0.129. The maximum absolute atomic E-state index is 11.2. The molecular weight excluding hydrogens is 244 g/mol. The molecule has 0 N–H and O–H groups in total. The third-order valence-electron chi connectivity index (χ3n) is 4.19. The molecule has 0 aliphatic carbocycles. The Kier molecular flexibility index (Phi) is 3.10.